The van der Waals surface area contributed by atoms with Gasteiger partial charge >= 0.3 is 5.97 Å². The molecule has 1 fully saturated rings. The van der Waals surface area contributed by atoms with E-state index in [4.69, 9.17) is 4.74 Å². The van der Waals surface area contributed by atoms with Gasteiger partial charge in [0.25, 0.3) is 0 Å². The number of rotatable bonds is 4. The highest BCUT2D eigenvalue weighted by molar-refractivity contribution is 5.78. The first-order valence-electron chi connectivity index (χ1n) is 5.94. The maximum absolute atomic E-state index is 11.4. The fourth-order valence-electron chi connectivity index (χ4n) is 2.00. The lowest BCUT2D eigenvalue weighted by molar-refractivity contribution is -0.155. The molecule has 1 aromatic rings. The van der Waals surface area contributed by atoms with Gasteiger partial charge in [-0.25, -0.2) is 4.79 Å². The van der Waals surface area contributed by atoms with Crippen LogP contribution in [-0.4, -0.2) is 16.7 Å². The molecule has 0 amide bonds. The van der Waals surface area contributed by atoms with Gasteiger partial charge in [0, 0.05) is 5.92 Å². The van der Waals surface area contributed by atoms with Crippen molar-refractivity contribution in [2.45, 2.75) is 39.2 Å². The standard InChI is InChI=1S/C14H18O3/c1-9-5-4-6-12(10(9)2)17-14(3,13(15)16)11-7-8-11/h4-6,11H,7-8H2,1-3H3,(H,15,16). The zero-order valence-corrected chi connectivity index (χ0v) is 10.5. The van der Waals surface area contributed by atoms with Gasteiger partial charge in [0.05, 0.1) is 0 Å². The van der Waals surface area contributed by atoms with Crippen LogP contribution >= 0.6 is 0 Å². The Hall–Kier alpha value is -1.51. The summed E-state index contributed by atoms with van der Waals surface area (Å²) in [4.78, 5) is 11.4. The molecule has 0 bridgehead atoms. The first kappa shape index (κ1) is 12.0. The molecule has 0 radical (unpaired) electrons. The van der Waals surface area contributed by atoms with Crippen molar-refractivity contribution >= 4 is 5.97 Å². The van der Waals surface area contributed by atoms with E-state index in [1.807, 2.05) is 32.0 Å². The molecular weight excluding hydrogens is 216 g/mol. The molecule has 1 unspecified atom stereocenters. The normalized spacial score (nSPS) is 18.5. The first-order valence-corrected chi connectivity index (χ1v) is 5.94. The minimum atomic E-state index is -1.08. The molecule has 2 rings (SSSR count). The van der Waals surface area contributed by atoms with Crippen LogP contribution in [0.5, 0.6) is 5.75 Å². The van der Waals surface area contributed by atoms with Crippen molar-refractivity contribution in [3.8, 4) is 5.75 Å². The smallest absolute Gasteiger partial charge is 0.348 e. The maximum atomic E-state index is 11.4. The number of carboxylic acids is 1. The lowest BCUT2D eigenvalue weighted by Crippen LogP contribution is -2.43. The summed E-state index contributed by atoms with van der Waals surface area (Å²) in [6.45, 7) is 5.63. The van der Waals surface area contributed by atoms with Crippen LogP contribution in [0.15, 0.2) is 18.2 Å². The SMILES string of the molecule is Cc1cccc(OC(C)(C(=O)O)C2CC2)c1C. The van der Waals surface area contributed by atoms with Crippen LogP contribution in [0.2, 0.25) is 0 Å². The van der Waals surface area contributed by atoms with Gasteiger partial charge in [0.2, 0.25) is 5.60 Å². The van der Waals surface area contributed by atoms with Gasteiger partial charge in [-0.15, -0.1) is 0 Å². The molecule has 1 atom stereocenters. The average Bonchev–Trinajstić information content (AvgIpc) is 3.08. The molecule has 1 aliphatic carbocycles. The number of aryl methyl sites for hydroxylation is 1. The van der Waals surface area contributed by atoms with Gasteiger partial charge in [0.1, 0.15) is 5.75 Å². The van der Waals surface area contributed by atoms with E-state index >= 15 is 0 Å². The zero-order valence-electron chi connectivity index (χ0n) is 10.5. The summed E-state index contributed by atoms with van der Waals surface area (Å²) in [5.41, 5.74) is 1.05. The third-order valence-corrected chi connectivity index (χ3v) is 3.66. The molecule has 17 heavy (non-hydrogen) atoms. The highest BCUT2D eigenvalue weighted by Crippen LogP contribution is 2.43. The molecule has 1 N–H and O–H groups in total. The second-order valence-electron chi connectivity index (χ2n) is 4.99. The van der Waals surface area contributed by atoms with E-state index in [2.05, 4.69) is 0 Å². The highest BCUT2D eigenvalue weighted by Gasteiger charge is 2.50. The summed E-state index contributed by atoms with van der Waals surface area (Å²) in [7, 11) is 0. The third kappa shape index (κ3) is 2.14. The highest BCUT2D eigenvalue weighted by atomic mass is 16.5. The Labute approximate surface area is 101 Å². The Morgan fingerprint density at radius 2 is 2.06 bits per heavy atom. The first-order chi connectivity index (χ1) is 7.95. The summed E-state index contributed by atoms with van der Waals surface area (Å²) < 4.78 is 5.80. The van der Waals surface area contributed by atoms with Crippen LogP contribution in [0.4, 0.5) is 0 Å². The van der Waals surface area contributed by atoms with Gasteiger partial charge in [0.15, 0.2) is 0 Å². The lowest BCUT2D eigenvalue weighted by atomic mass is 10.00. The van der Waals surface area contributed by atoms with Crippen molar-refractivity contribution in [3.63, 3.8) is 0 Å². The number of benzene rings is 1. The molecule has 0 aliphatic heterocycles. The molecule has 1 aliphatic rings. The molecule has 0 aromatic heterocycles. The molecule has 0 saturated heterocycles. The van der Waals surface area contributed by atoms with E-state index in [1.165, 1.54) is 0 Å². The van der Waals surface area contributed by atoms with Crippen LogP contribution in [0, 0.1) is 19.8 Å². The predicted molar refractivity (Wildman–Crippen MR) is 65.3 cm³/mol. The van der Waals surface area contributed by atoms with E-state index in [-0.39, 0.29) is 5.92 Å². The fraction of sp³-hybridized carbons (Fsp3) is 0.500. The zero-order chi connectivity index (χ0) is 12.6. The van der Waals surface area contributed by atoms with Crippen molar-refractivity contribution in [2.75, 3.05) is 0 Å². The van der Waals surface area contributed by atoms with Gasteiger partial charge < -0.3 is 9.84 Å². The van der Waals surface area contributed by atoms with Crippen LogP contribution in [0.1, 0.15) is 30.9 Å². The minimum absolute atomic E-state index is 0.139. The number of aliphatic carboxylic acids is 1. The predicted octanol–water partition coefficient (Wildman–Crippen LogP) is 2.94. The van der Waals surface area contributed by atoms with Crippen LogP contribution in [0.25, 0.3) is 0 Å². The number of carboxylic acid groups (broad SMARTS) is 1. The average molecular weight is 234 g/mol. The number of carbonyl (C=O) groups is 1. The van der Waals surface area contributed by atoms with E-state index < -0.39 is 11.6 Å². The Bertz CT molecular complexity index is 449. The maximum Gasteiger partial charge on any atom is 0.348 e. The van der Waals surface area contributed by atoms with Crippen molar-refractivity contribution in [3.05, 3.63) is 29.3 Å². The molecule has 0 heterocycles. The van der Waals surface area contributed by atoms with Crippen molar-refractivity contribution < 1.29 is 14.6 Å². The summed E-state index contributed by atoms with van der Waals surface area (Å²) in [6, 6.07) is 5.73. The topological polar surface area (TPSA) is 46.5 Å². The Morgan fingerprint density at radius 1 is 1.41 bits per heavy atom. The Balaban J connectivity index is 2.29. The fourth-order valence-corrected chi connectivity index (χ4v) is 2.00. The minimum Gasteiger partial charge on any atom is -0.478 e. The van der Waals surface area contributed by atoms with Gasteiger partial charge in [-0.05, 0) is 50.8 Å². The molecule has 3 heteroatoms. The van der Waals surface area contributed by atoms with E-state index in [9.17, 15) is 9.90 Å². The number of hydrogen-bond donors (Lipinski definition) is 1. The number of hydrogen-bond acceptors (Lipinski definition) is 2. The monoisotopic (exact) mass is 234 g/mol. The largest absolute Gasteiger partial charge is 0.478 e. The van der Waals surface area contributed by atoms with Crippen LogP contribution in [-0.2, 0) is 4.79 Å². The van der Waals surface area contributed by atoms with Gasteiger partial charge in [-0.2, -0.15) is 0 Å². The second kappa shape index (κ2) is 4.06. The molecule has 0 spiro atoms. The lowest BCUT2D eigenvalue weighted by Gasteiger charge is -2.27. The molecule has 92 valence electrons. The van der Waals surface area contributed by atoms with Crippen molar-refractivity contribution in [1.82, 2.24) is 0 Å². The van der Waals surface area contributed by atoms with Gasteiger partial charge in [-0.1, -0.05) is 12.1 Å². The third-order valence-electron chi connectivity index (χ3n) is 3.66. The molecule has 1 saturated carbocycles. The van der Waals surface area contributed by atoms with Crippen molar-refractivity contribution in [1.29, 1.82) is 0 Å². The van der Waals surface area contributed by atoms with E-state index in [0.29, 0.717) is 5.75 Å². The summed E-state index contributed by atoms with van der Waals surface area (Å²) >= 11 is 0. The second-order valence-corrected chi connectivity index (χ2v) is 4.99. The molecular formula is C14H18O3. The Kier molecular flexibility index (Phi) is 2.86. The van der Waals surface area contributed by atoms with Crippen molar-refractivity contribution in [2.24, 2.45) is 5.92 Å². The summed E-state index contributed by atoms with van der Waals surface area (Å²) in [5, 5.41) is 9.34. The summed E-state index contributed by atoms with van der Waals surface area (Å²) in [6.07, 6.45) is 1.88. The van der Waals surface area contributed by atoms with Crippen LogP contribution in [0.3, 0.4) is 0 Å². The van der Waals surface area contributed by atoms with E-state index in [1.54, 1.807) is 6.92 Å². The quantitative estimate of drug-likeness (QED) is 0.871. The van der Waals surface area contributed by atoms with Crippen LogP contribution < -0.4 is 4.74 Å². The molecule has 3 nitrogen and oxygen atoms in total. The summed E-state index contributed by atoms with van der Waals surface area (Å²) in [5.74, 6) is -0.0531. The molecule has 1 aromatic carbocycles. The Morgan fingerprint density at radius 3 is 2.59 bits per heavy atom. The van der Waals surface area contributed by atoms with E-state index in [0.717, 1.165) is 24.0 Å². The van der Waals surface area contributed by atoms with Gasteiger partial charge in [-0.3, -0.25) is 0 Å². The number of ether oxygens (including phenoxy) is 1.